The zero-order chi connectivity index (χ0) is 12.9. The summed E-state index contributed by atoms with van der Waals surface area (Å²) in [5.41, 5.74) is 1.07. The number of hydrogen-bond acceptors (Lipinski definition) is 1. The molecule has 2 heteroatoms. The molecule has 0 bridgehead atoms. The Morgan fingerprint density at radius 3 is 1.11 bits per heavy atom. The second-order valence-electron chi connectivity index (χ2n) is 3.37. The Kier molecular flexibility index (Phi) is 10.6. The van der Waals surface area contributed by atoms with Crippen molar-refractivity contribution in [3.63, 3.8) is 0 Å². The normalized spacial score (nSPS) is 17.1. The van der Waals surface area contributed by atoms with E-state index in [1.54, 1.807) is 0 Å². The summed E-state index contributed by atoms with van der Waals surface area (Å²) in [6.45, 7) is 0. The van der Waals surface area contributed by atoms with E-state index in [0.717, 1.165) is 5.69 Å². The second kappa shape index (κ2) is 12.0. The van der Waals surface area contributed by atoms with Crippen LogP contribution in [0.2, 0.25) is 0 Å². The molecular weight excluding hydrogens is 297 g/mol. The molecule has 0 aliphatic heterocycles. The molecule has 1 nitrogen and oxygen atoms in total. The van der Waals surface area contributed by atoms with Gasteiger partial charge in [0, 0.05) is 0 Å². The van der Waals surface area contributed by atoms with Gasteiger partial charge in [-0.1, -0.05) is 0 Å². The number of benzene rings is 1. The van der Waals surface area contributed by atoms with Crippen molar-refractivity contribution in [3.05, 3.63) is 94.5 Å². The summed E-state index contributed by atoms with van der Waals surface area (Å²) in [5.74, 6) is 0. The van der Waals surface area contributed by atoms with Crippen molar-refractivity contribution >= 4 is 5.69 Å². The van der Waals surface area contributed by atoms with E-state index in [0.29, 0.717) is 0 Å². The summed E-state index contributed by atoms with van der Waals surface area (Å²) in [4.78, 5) is 0. The predicted octanol–water partition coefficient (Wildman–Crippen LogP) is 4.09. The summed E-state index contributed by atoms with van der Waals surface area (Å²) in [6.07, 6.45) is 20.0. The van der Waals surface area contributed by atoms with Crippen LogP contribution in [0.3, 0.4) is 0 Å². The van der Waals surface area contributed by atoms with E-state index in [2.05, 4.69) is 2.87 Å². The standard InChI is InChI=1S/C6H5N.2C5H5.Zr/c7-6-4-2-1-3-5-6;2*1-2-4-5-3-1;/h1-5H;2*1-5H;. The Hall–Kier alpha value is -0.0969. The van der Waals surface area contributed by atoms with Gasteiger partial charge in [-0.25, -0.2) is 0 Å². The third kappa shape index (κ3) is 8.92. The minimum absolute atomic E-state index is 1.07. The molecule has 2 aliphatic carbocycles. The van der Waals surface area contributed by atoms with E-state index in [1.807, 2.05) is 94.5 Å². The van der Waals surface area contributed by atoms with E-state index in [-0.39, 0.29) is 0 Å². The van der Waals surface area contributed by atoms with Crippen molar-refractivity contribution in [1.82, 2.24) is 0 Å². The fourth-order valence-corrected chi connectivity index (χ4v) is 1.51. The maximum atomic E-state index is 4.06. The van der Waals surface area contributed by atoms with Gasteiger partial charge in [0.05, 0.1) is 0 Å². The van der Waals surface area contributed by atoms with Crippen LogP contribution < -0.4 is 0 Å². The zero-order valence-corrected chi connectivity index (χ0v) is 12.6. The van der Waals surface area contributed by atoms with Crippen molar-refractivity contribution < 1.29 is 24.6 Å². The van der Waals surface area contributed by atoms with Crippen LogP contribution in [0.25, 0.3) is 0 Å². The van der Waals surface area contributed by atoms with Crippen LogP contribution in [-0.2, 0) is 24.6 Å². The van der Waals surface area contributed by atoms with Crippen LogP contribution in [0, 0.1) is 64.2 Å². The molecular formula is C16H15NZr. The van der Waals surface area contributed by atoms with E-state index in [4.69, 9.17) is 0 Å². The summed E-state index contributed by atoms with van der Waals surface area (Å²) >= 11 is 1.21. The average Bonchev–Trinajstić information content (AvgIpc) is 3.17. The van der Waals surface area contributed by atoms with Gasteiger partial charge < -0.3 is 0 Å². The molecule has 3 rings (SSSR count). The van der Waals surface area contributed by atoms with Gasteiger partial charge in [-0.3, -0.25) is 0 Å². The van der Waals surface area contributed by atoms with Crippen LogP contribution in [-0.4, -0.2) is 0 Å². The molecule has 0 amide bonds. The Morgan fingerprint density at radius 1 is 0.556 bits per heavy atom. The number of rotatable bonds is 1. The zero-order valence-electron chi connectivity index (χ0n) is 10.1. The Labute approximate surface area is 127 Å². The van der Waals surface area contributed by atoms with Crippen LogP contribution in [0.5, 0.6) is 0 Å². The summed E-state index contributed by atoms with van der Waals surface area (Å²) in [7, 11) is 0. The molecule has 2 saturated carbocycles. The van der Waals surface area contributed by atoms with E-state index in [9.17, 15) is 0 Å². The Balaban J connectivity index is 0.000000141. The second-order valence-corrected chi connectivity index (χ2v) is 3.92. The monoisotopic (exact) mass is 311 g/mol. The third-order valence-electron chi connectivity index (χ3n) is 2.00. The average molecular weight is 313 g/mol. The fourth-order valence-electron chi connectivity index (χ4n) is 1.14. The van der Waals surface area contributed by atoms with Gasteiger partial charge >= 0.3 is 63.4 Å². The number of hydrogen-bond donors (Lipinski definition) is 0. The van der Waals surface area contributed by atoms with Gasteiger partial charge in [0.25, 0.3) is 0 Å². The van der Waals surface area contributed by atoms with Crippen LogP contribution >= 0.6 is 0 Å². The summed E-state index contributed by atoms with van der Waals surface area (Å²) < 4.78 is 4.06. The molecule has 0 N–H and O–H groups in total. The molecule has 0 saturated heterocycles. The maximum absolute atomic E-state index is 4.06. The molecule has 1 aromatic carbocycles. The Morgan fingerprint density at radius 2 is 0.889 bits per heavy atom. The SMILES string of the molecule is [CH]1[CH][CH][CH][CH]1.[CH]1[CH][CH][CH][CH]1.[Zr]=[N]c1ccccc1. The molecule has 88 valence electrons. The minimum atomic E-state index is 1.07. The molecule has 0 atom stereocenters. The van der Waals surface area contributed by atoms with E-state index < -0.39 is 0 Å². The Bertz CT molecular complexity index is 264. The van der Waals surface area contributed by atoms with E-state index >= 15 is 0 Å². The first-order valence-corrected chi connectivity index (χ1v) is 6.79. The van der Waals surface area contributed by atoms with Gasteiger partial charge in [0.1, 0.15) is 0 Å². The van der Waals surface area contributed by atoms with Crippen LogP contribution in [0.1, 0.15) is 0 Å². The molecule has 10 radical (unpaired) electrons. The molecule has 0 spiro atoms. The van der Waals surface area contributed by atoms with Gasteiger partial charge in [0.15, 0.2) is 0 Å². The van der Waals surface area contributed by atoms with Crippen molar-refractivity contribution in [2.75, 3.05) is 0 Å². The van der Waals surface area contributed by atoms with Crippen molar-refractivity contribution in [2.45, 2.75) is 0 Å². The van der Waals surface area contributed by atoms with Gasteiger partial charge in [0.2, 0.25) is 0 Å². The van der Waals surface area contributed by atoms with Crippen molar-refractivity contribution in [3.8, 4) is 0 Å². The first kappa shape index (κ1) is 16.0. The molecule has 18 heavy (non-hydrogen) atoms. The number of nitrogens with zero attached hydrogens (tertiary/aromatic N) is 1. The molecule has 0 heterocycles. The molecule has 0 unspecified atom stereocenters. The van der Waals surface area contributed by atoms with Gasteiger partial charge in [-0.2, -0.15) is 0 Å². The predicted molar refractivity (Wildman–Crippen MR) is 71.5 cm³/mol. The molecule has 2 fully saturated rings. The topological polar surface area (TPSA) is 12.4 Å². The summed E-state index contributed by atoms with van der Waals surface area (Å²) in [5, 5.41) is 0. The third-order valence-corrected chi connectivity index (χ3v) is 2.63. The molecule has 2 aliphatic rings. The summed E-state index contributed by atoms with van der Waals surface area (Å²) in [6, 6.07) is 9.96. The van der Waals surface area contributed by atoms with Crippen LogP contribution in [0.4, 0.5) is 5.69 Å². The van der Waals surface area contributed by atoms with Crippen molar-refractivity contribution in [1.29, 1.82) is 0 Å². The van der Waals surface area contributed by atoms with Crippen molar-refractivity contribution in [2.24, 2.45) is 2.87 Å². The quantitative estimate of drug-likeness (QED) is 0.740. The van der Waals surface area contributed by atoms with Crippen LogP contribution in [0.15, 0.2) is 33.2 Å². The fraction of sp³-hybridized carbons (Fsp3) is 0. The van der Waals surface area contributed by atoms with E-state index in [1.165, 1.54) is 24.6 Å². The van der Waals surface area contributed by atoms with Gasteiger partial charge in [-0.05, 0) is 64.2 Å². The molecule has 1 aromatic rings. The first-order chi connectivity index (χ1) is 8.93. The molecule has 0 aromatic heterocycles. The first-order valence-electron chi connectivity index (χ1n) is 5.69. The van der Waals surface area contributed by atoms with Gasteiger partial charge in [-0.15, -0.1) is 0 Å².